The van der Waals surface area contributed by atoms with Crippen molar-refractivity contribution in [1.82, 2.24) is 0 Å². The Morgan fingerprint density at radius 1 is 0.955 bits per heavy atom. The van der Waals surface area contributed by atoms with E-state index in [9.17, 15) is 13.2 Å². The number of hydrogen-bond acceptors (Lipinski definition) is 3. The van der Waals surface area contributed by atoms with Crippen LogP contribution in [0.25, 0.3) is 10.8 Å². The fraction of sp³-hybridized carbons (Fsp3) is 0. The highest BCUT2D eigenvalue weighted by Gasteiger charge is 2.16. The lowest BCUT2D eigenvalue weighted by Crippen LogP contribution is -2.07. The Hall–Kier alpha value is -2.05. The quantitative estimate of drug-likeness (QED) is 0.755. The fourth-order valence-electron chi connectivity index (χ4n) is 2.07. The van der Waals surface area contributed by atoms with Crippen LogP contribution in [0.15, 0.2) is 74.5 Å². The fourth-order valence-corrected chi connectivity index (χ4v) is 3.45. The molecule has 2 aromatic carbocycles. The molecule has 0 saturated carbocycles. The first kappa shape index (κ1) is 14.9. The highest BCUT2D eigenvalue weighted by Crippen LogP contribution is 2.21. The lowest BCUT2D eigenvalue weighted by molar-refractivity contribution is -0.110. The second-order valence-electron chi connectivity index (χ2n) is 4.69. The molecule has 22 heavy (non-hydrogen) atoms. The second kappa shape index (κ2) is 5.62. The molecule has 110 valence electrons. The van der Waals surface area contributed by atoms with Gasteiger partial charge in [0.15, 0.2) is 5.78 Å². The molecule has 0 unspecified atom stereocenters. The zero-order chi connectivity index (χ0) is 15.7. The minimum Gasteiger partial charge on any atom is -0.289 e. The summed E-state index contributed by atoms with van der Waals surface area (Å²) in [5.74, 6) is -0.220. The number of halogens is 1. The van der Waals surface area contributed by atoms with Crippen molar-refractivity contribution in [1.29, 1.82) is 0 Å². The summed E-state index contributed by atoms with van der Waals surface area (Å²) >= 11 is 3.08. The Morgan fingerprint density at radius 2 is 1.68 bits per heavy atom. The van der Waals surface area contributed by atoms with Crippen molar-refractivity contribution in [3.63, 3.8) is 0 Å². The number of nitrogens with zero attached hydrogens (tertiary/aromatic N) is 1. The average Bonchev–Trinajstić information content (AvgIpc) is 2.50. The molecule has 0 saturated heterocycles. The molecular formula is C16H10BrNO3S. The van der Waals surface area contributed by atoms with Crippen molar-refractivity contribution in [3.8, 4) is 0 Å². The molecule has 0 bridgehead atoms. The maximum Gasteiger partial charge on any atom is 0.282 e. The Balaban J connectivity index is 2.05. The predicted molar refractivity (Wildman–Crippen MR) is 89.7 cm³/mol. The molecule has 3 rings (SSSR count). The van der Waals surface area contributed by atoms with Crippen LogP contribution in [0.5, 0.6) is 0 Å². The molecule has 0 aromatic heterocycles. The number of carbonyl (C=O) groups is 1. The van der Waals surface area contributed by atoms with E-state index in [2.05, 4.69) is 20.3 Å². The monoisotopic (exact) mass is 375 g/mol. The molecule has 0 fully saturated rings. The van der Waals surface area contributed by atoms with Gasteiger partial charge in [-0.15, -0.1) is 0 Å². The Labute approximate surface area is 136 Å². The van der Waals surface area contributed by atoms with Gasteiger partial charge in [-0.3, -0.25) is 4.79 Å². The zero-order valence-electron chi connectivity index (χ0n) is 11.2. The first-order valence-corrected chi connectivity index (χ1v) is 8.62. The van der Waals surface area contributed by atoms with E-state index in [4.69, 9.17) is 0 Å². The van der Waals surface area contributed by atoms with Crippen LogP contribution in [0.3, 0.4) is 0 Å². The molecule has 0 radical (unpaired) electrons. The van der Waals surface area contributed by atoms with Gasteiger partial charge in [0, 0.05) is 0 Å². The van der Waals surface area contributed by atoms with Gasteiger partial charge in [-0.05, 0) is 57.1 Å². The third kappa shape index (κ3) is 2.93. The highest BCUT2D eigenvalue weighted by atomic mass is 79.9. The summed E-state index contributed by atoms with van der Waals surface area (Å²) in [5, 5.41) is 1.79. The molecule has 4 nitrogen and oxygen atoms in total. The molecule has 0 heterocycles. The largest absolute Gasteiger partial charge is 0.289 e. The second-order valence-corrected chi connectivity index (χ2v) is 7.15. The van der Waals surface area contributed by atoms with Gasteiger partial charge < -0.3 is 0 Å². The molecule has 1 aliphatic rings. The molecule has 0 amide bonds. The SMILES string of the molecule is O=C1C=C/C(=N/S(=O)(=O)c2ccc3ccccc3c2)C=C1Br. The van der Waals surface area contributed by atoms with Crippen molar-refractivity contribution in [2.75, 3.05) is 0 Å². The molecule has 0 N–H and O–H groups in total. The maximum atomic E-state index is 12.4. The van der Waals surface area contributed by atoms with Gasteiger partial charge in [0.2, 0.25) is 0 Å². The third-order valence-corrected chi connectivity index (χ3v) is 5.08. The predicted octanol–water partition coefficient (Wildman–Crippen LogP) is 3.39. The summed E-state index contributed by atoms with van der Waals surface area (Å²) in [6, 6.07) is 12.4. The van der Waals surface area contributed by atoms with E-state index < -0.39 is 10.0 Å². The number of ketones is 1. The van der Waals surface area contributed by atoms with E-state index in [0.717, 1.165) is 10.8 Å². The summed E-state index contributed by atoms with van der Waals surface area (Å²) in [5.41, 5.74) is 0.208. The molecular weight excluding hydrogens is 366 g/mol. The third-order valence-electron chi connectivity index (χ3n) is 3.16. The number of sulfonamides is 1. The summed E-state index contributed by atoms with van der Waals surface area (Å²) < 4.78 is 28.8. The van der Waals surface area contributed by atoms with Crippen molar-refractivity contribution < 1.29 is 13.2 Å². The van der Waals surface area contributed by atoms with Crippen LogP contribution < -0.4 is 0 Å². The van der Waals surface area contributed by atoms with Crippen molar-refractivity contribution in [2.45, 2.75) is 4.90 Å². The average molecular weight is 376 g/mol. The van der Waals surface area contributed by atoms with Crippen LogP contribution in [-0.4, -0.2) is 19.9 Å². The number of rotatable bonds is 2. The van der Waals surface area contributed by atoms with Crippen LogP contribution in [0, 0.1) is 0 Å². The van der Waals surface area contributed by atoms with Gasteiger partial charge in [-0.2, -0.15) is 12.8 Å². The van der Waals surface area contributed by atoms with Gasteiger partial charge in [0.25, 0.3) is 10.0 Å². The van der Waals surface area contributed by atoms with Crippen LogP contribution >= 0.6 is 15.9 Å². The number of benzene rings is 2. The Kier molecular flexibility index (Phi) is 3.80. The minimum absolute atomic E-state index is 0.119. The number of allylic oxidation sites excluding steroid dienone is 4. The lowest BCUT2D eigenvalue weighted by atomic mass is 10.1. The molecule has 1 aliphatic carbocycles. The van der Waals surface area contributed by atoms with Gasteiger partial charge >= 0.3 is 0 Å². The summed E-state index contributed by atoms with van der Waals surface area (Å²) in [6.07, 6.45) is 4.05. The van der Waals surface area contributed by atoms with Crippen LogP contribution in [0.1, 0.15) is 0 Å². The number of carbonyl (C=O) groups excluding carboxylic acids is 1. The molecule has 0 atom stereocenters. The van der Waals surface area contributed by atoms with Crippen molar-refractivity contribution in [3.05, 3.63) is 65.2 Å². The molecule has 0 aliphatic heterocycles. The lowest BCUT2D eigenvalue weighted by Gasteiger charge is -2.05. The van der Waals surface area contributed by atoms with E-state index in [-0.39, 0.29) is 20.9 Å². The standard InChI is InChI=1S/C16H10BrNO3S/c17-15-10-13(6-8-16(15)19)18-22(20,21)14-7-5-11-3-1-2-4-12(11)9-14/h1-10H/b18-13-. The van der Waals surface area contributed by atoms with Gasteiger partial charge in [0.05, 0.1) is 15.1 Å². The summed E-state index contributed by atoms with van der Waals surface area (Å²) in [6.45, 7) is 0. The number of hydrogen-bond donors (Lipinski definition) is 0. The Bertz CT molecular complexity index is 972. The first-order chi connectivity index (χ1) is 10.5. The normalized spacial score (nSPS) is 17.0. The van der Waals surface area contributed by atoms with E-state index in [1.807, 2.05) is 24.3 Å². The summed E-state index contributed by atoms with van der Waals surface area (Å²) in [7, 11) is -3.83. The van der Waals surface area contributed by atoms with E-state index in [1.165, 1.54) is 24.3 Å². The van der Waals surface area contributed by atoms with E-state index in [0.29, 0.717) is 0 Å². The van der Waals surface area contributed by atoms with Gasteiger partial charge in [-0.1, -0.05) is 30.3 Å². The first-order valence-electron chi connectivity index (χ1n) is 6.39. The summed E-state index contributed by atoms with van der Waals surface area (Å²) in [4.78, 5) is 11.4. The molecule has 2 aromatic rings. The highest BCUT2D eigenvalue weighted by molar-refractivity contribution is 9.12. The van der Waals surface area contributed by atoms with Crippen molar-refractivity contribution >= 4 is 48.2 Å². The number of fused-ring (bicyclic) bond motifs is 1. The van der Waals surface area contributed by atoms with Crippen LogP contribution in [0.2, 0.25) is 0 Å². The van der Waals surface area contributed by atoms with Crippen molar-refractivity contribution in [2.24, 2.45) is 4.40 Å². The Morgan fingerprint density at radius 3 is 2.41 bits per heavy atom. The molecule has 6 heteroatoms. The van der Waals surface area contributed by atoms with E-state index in [1.54, 1.807) is 12.1 Å². The van der Waals surface area contributed by atoms with Crippen LogP contribution in [-0.2, 0) is 14.8 Å². The van der Waals surface area contributed by atoms with E-state index >= 15 is 0 Å². The molecule has 0 spiro atoms. The zero-order valence-corrected chi connectivity index (χ0v) is 13.6. The van der Waals surface area contributed by atoms with Crippen LogP contribution in [0.4, 0.5) is 0 Å². The topological polar surface area (TPSA) is 63.6 Å². The van der Waals surface area contributed by atoms with Gasteiger partial charge in [0.1, 0.15) is 0 Å². The minimum atomic E-state index is -3.83. The van der Waals surface area contributed by atoms with Gasteiger partial charge in [-0.25, -0.2) is 0 Å². The smallest absolute Gasteiger partial charge is 0.282 e. The maximum absolute atomic E-state index is 12.4.